The predicted octanol–water partition coefficient (Wildman–Crippen LogP) is 2.35. The Bertz CT molecular complexity index is 346. The van der Waals surface area contributed by atoms with Crippen molar-refractivity contribution < 1.29 is 0 Å². The summed E-state index contributed by atoms with van der Waals surface area (Å²) in [5.41, 5.74) is 8.60. The van der Waals surface area contributed by atoms with E-state index >= 15 is 0 Å². The van der Waals surface area contributed by atoms with Crippen LogP contribution in [0, 0.1) is 0 Å². The molecule has 0 aliphatic carbocycles. The van der Waals surface area contributed by atoms with Crippen LogP contribution in [0.3, 0.4) is 0 Å². The second kappa shape index (κ2) is 8.18. The van der Waals surface area contributed by atoms with Gasteiger partial charge in [0.05, 0.1) is 0 Å². The summed E-state index contributed by atoms with van der Waals surface area (Å²) in [6.07, 6.45) is 3.19. The molecule has 0 heterocycles. The Hall–Kier alpha value is -1.06. The van der Waals surface area contributed by atoms with Crippen molar-refractivity contribution in [3.63, 3.8) is 0 Å². The number of hydrogen-bond acceptors (Lipinski definition) is 3. The molecule has 108 valence electrons. The summed E-state index contributed by atoms with van der Waals surface area (Å²) in [6, 6.07) is 9.09. The molecule has 1 rings (SSSR count). The Balaban J connectivity index is 2.46. The van der Waals surface area contributed by atoms with Crippen LogP contribution in [0.2, 0.25) is 0 Å². The molecule has 3 heteroatoms. The van der Waals surface area contributed by atoms with E-state index in [0.29, 0.717) is 0 Å². The van der Waals surface area contributed by atoms with E-state index in [1.807, 2.05) is 0 Å². The maximum Gasteiger partial charge on any atom is 0.0363 e. The number of hydrogen-bond donors (Lipinski definition) is 1. The fraction of sp³-hybridized carbons (Fsp3) is 0.625. The first-order valence-electron chi connectivity index (χ1n) is 7.23. The Labute approximate surface area is 118 Å². The Kier molecular flexibility index (Phi) is 6.89. The first-order chi connectivity index (χ1) is 9.02. The highest BCUT2D eigenvalue weighted by Crippen LogP contribution is 2.15. The third-order valence-corrected chi connectivity index (χ3v) is 3.50. The van der Waals surface area contributed by atoms with Crippen LogP contribution in [0.5, 0.6) is 0 Å². The molecule has 0 aliphatic heterocycles. The molecule has 0 fully saturated rings. The zero-order valence-corrected chi connectivity index (χ0v) is 12.9. The fourth-order valence-corrected chi connectivity index (χ4v) is 2.09. The topological polar surface area (TPSA) is 32.5 Å². The highest BCUT2D eigenvalue weighted by atomic mass is 15.1. The number of nitrogens with zero attached hydrogens (tertiary/aromatic N) is 2. The molecule has 0 spiro atoms. The first kappa shape index (κ1) is 16.0. The van der Waals surface area contributed by atoms with E-state index < -0.39 is 0 Å². The van der Waals surface area contributed by atoms with Crippen LogP contribution in [0.1, 0.15) is 25.3 Å². The predicted molar refractivity (Wildman–Crippen MR) is 84.9 cm³/mol. The van der Waals surface area contributed by atoms with Crippen LogP contribution in [-0.4, -0.2) is 45.2 Å². The molecule has 0 saturated carbocycles. The van der Waals surface area contributed by atoms with Crippen LogP contribution in [-0.2, 0) is 6.42 Å². The summed E-state index contributed by atoms with van der Waals surface area (Å²) in [7, 11) is 6.39. The van der Waals surface area contributed by atoms with Crippen LogP contribution < -0.4 is 10.6 Å². The minimum atomic E-state index is 0.281. The third-order valence-electron chi connectivity index (χ3n) is 3.50. The average Bonchev–Trinajstić information content (AvgIpc) is 2.38. The smallest absolute Gasteiger partial charge is 0.0363 e. The largest absolute Gasteiger partial charge is 0.375 e. The van der Waals surface area contributed by atoms with E-state index in [4.69, 9.17) is 5.73 Å². The van der Waals surface area contributed by atoms with Crippen molar-refractivity contribution in [3.8, 4) is 0 Å². The monoisotopic (exact) mass is 263 g/mol. The average molecular weight is 263 g/mol. The molecule has 1 unspecified atom stereocenters. The Morgan fingerprint density at radius 3 is 2.21 bits per heavy atom. The molecule has 19 heavy (non-hydrogen) atoms. The quantitative estimate of drug-likeness (QED) is 0.781. The first-order valence-corrected chi connectivity index (χ1v) is 7.23. The van der Waals surface area contributed by atoms with Crippen LogP contribution >= 0.6 is 0 Å². The fourth-order valence-electron chi connectivity index (χ4n) is 2.09. The lowest BCUT2D eigenvalue weighted by Gasteiger charge is -2.21. The normalized spacial score (nSPS) is 12.7. The lowest BCUT2D eigenvalue weighted by Crippen LogP contribution is -2.23. The lowest BCUT2D eigenvalue weighted by molar-refractivity contribution is 0.401. The molecule has 0 radical (unpaired) electrons. The number of anilines is 1. The molecule has 0 bridgehead atoms. The van der Waals surface area contributed by atoms with Gasteiger partial charge in [0, 0.05) is 25.3 Å². The zero-order valence-electron chi connectivity index (χ0n) is 12.9. The van der Waals surface area contributed by atoms with Crippen LogP contribution in [0.25, 0.3) is 0 Å². The van der Waals surface area contributed by atoms with Gasteiger partial charge in [-0.2, -0.15) is 0 Å². The molecule has 1 aromatic rings. The van der Waals surface area contributed by atoms with Gasteiger partial charge in [0.15, 0.2) is 0 Å². The summed E-state index contributed by atoms with van der Waals surface area (Å²) in [4.78, 5) is 4.54. The lowest BCUT2D eigenvalue weighted by atomic mass is 10.0. The Morgan fingerprint density at radius 1 is 1.05 bits per heavy atom. The highest BCUT2D eigenvalue weighted by molar-refractivity contribution is 5.46. The van der Waals surface area contributed by atoms with E-state index in [9.17, 15) is 0 Å². The second-order valence-corrected chi connectivity index (χ2v) is 5.62. The van der Waals surface area contributed by atoms with Gasteiger partial charge >= 0.3 is 0 Å². The van der Waals surface area contributed by atoms with Gasteiger partial charge in [-0.15, -0.1) is 0 Å². The second-order valence-electron chi connectivity index (χ2n) is 5.62. The van der Waals surface area contributed by atoms with Crippen molar-refractivity contribution in [2.45, 2.75) is 32.2 Å². The summed E-state index contributed by atoms with van der Waals surface area (Å²) in [6.45, 7) is 4.36. The van der Waals surface area contributed by atoms with Crippen molar-refractivity contribution in [3.05, 3.63) is 29.8 Å². The van der Waals surface area contributed by atoms with Crippen molar-refractivity contribution in [1.82, 2.24) is 4.90 Å². The van der Waals surface area contributed by atoms with Gasteiger partial charge in [-0.1, -0.05) is 19.1 Å². The molecule has 0 aromatic heterocycles. The van der Waals surface area contributed by atoms with Crippen molar-refractivity contribution >= 4 is 5.69 Å². The SMILES string of the molecule is CCC(N)Cc1ccc(N(C)CCCN(C)C)cc1. The van der Waals surface area contributed by atoms with Crippen molar-refractivity contribution in [1.29, 1.82) is 0 Å². The molecule has 0 saturated heterocycles. The van der Waals surface area contributed by atoms with E-state index in [1.54, 1.807) is 0 Å². The van der Waals surface area contributed by atoms with Gasteiger partial charge in [-0.25, -0.2) is 0 Å². The summed E-state index contributed by atoms with van der Waals surface area (Å²) >= 11 is 0. The van der Waals surface area contributed by atoms with Gasteiger partial charge < -0.3 is 15.5 Å². The summed E-state index contributed by atoms with van der Waals surface area (Å²) in [5.74, 6) is 0. The van der Waals surface area contributed by atoms with Gasteiger partial charge in [0.1, 0.15) is 0 Å². The van der Waals surface area contributed by atoms with Gasteiger partial charge in [0.25, 0.3) is 0 Å². The maximum atomic E-state index is 5.98. The van der Waals surface area contributed by atoms with E-state index in [-0.39, 0.29) is 6.04 Å². The van der Waals surface area contributed by atoms with E-state index in [2.05, 4.69) is 62.1 Å². The minimum absolute atomic E-state index is 0.281. The third kappa shape index (κ3) is 6.08. The maximum absolute atomic E-state index is 5.98. The molecule has 3 nitrogen and oxygen atoms in total. The molecular formula is C16H29N3. The summed E-state index contributed by atoms with van der Waals surface area (Å²) < 4.78 is 0. The van der Waals surface area contributed by atoms with E-state index in [1.165, 1.54) is 17.7 Å². The van der Waals surface area contributed by atoms with Crippen molar-refractivity contribution in [2.75, 3.05) is 39.1 Å². The van der Waals surface area contributed by atoms with Gasteiger partial charge in [-0.05, 0) is 57.6 Å². The number of nitrogens with two attached hydrogens (primary N) is 1. The van der Waals surface area contributed by atoms with Crippen LogP contribution in [0.15, 0.2) is 24.3 Å². The molecule has 2 N–H and O–H groups in total. The number of rotatable bonds is 8. The van der Waals surface area contributed by atoms with Crippen LogP contribution in [0.4, 0.5) is 5.69 Å². The molecule has 0 aliphatic rings. The number of benzene rings is 1. The molecule has 1 aromatic carbocycles. The Morgan fingerprint density at radius 2 is 1.68 bits per heavy atom. The molecule has 0 amide bonds. The van der Waals surface area contributed by atoms with Crippen molar-refractivity contribution in [2.24, 2.45) is 5.73 Å². The minimum Gasteiger partial charge on any atom is -0.375 e. The highest BCUT2D eigenvalue weighted by Gasteiger charge is 2.04. The van der Waals surface area contributed by atoms with E-state index in [0.717, 1.165) is 25.9 Å². The zero-order chi connectivity index (χ0) is 14.3. The summed E-state index contributed by atoms with van der Waals surface area (Å²) in [5, 5.41) is 0. The standard InChI is InChI=1S/C16H29N3/c1-5-15(17)13-14-7-9-16(10-8-14)19(4)12-6-11-18(2)3/h7-10,15H,5-6,11-13,17H2,1-4H3. The molecular weight excluding hydrogens is 234 g/mol. The van der Waals surface area contributed by atoms with Gasteiger partial charge in [0.2, 0.25) is 0 Å². The van der Waals surface area contributed by atoms with Gasteiger partial charge in [-0.3, -0.25) is 0 Å². The molecule has 1 atom stereocenters.